The largest absolute Gasteiger partial charge is 0.399 e. The number of hydrogen-bond acceptors (Lipinski definition) is 3. The fourth-order valence-electron chi connectivity index (χ4n) is 1.91. The van der Waals surface area contributed by atoms with Crippen LogP contribution in [-0.2, 0) is 0 Å². The van der Waals surface area contributed by atoms with Crippen LogP contribution >= 0.6 is 0 Å². The van der Waals surface area contributed by atoms with E-state index >= 15 is 0 Å². The summed E-state index contributed by atoms with van der Waals surface area (Å²) in [5, 5.41) is 12.7. The summed E-state index contributed by atoms with van der Waals surface area (Å²) in [4.78, 5) is 11.9. The number of aliphatic hydroxyl groups is 1. The van der Waals surface area contributed by atoms with Gasteiger partial charge in [-0.05, 0) is 36.8 Å². The Morgan fingerprint density at radius 3 is 2.60 bits per heavy atom. The van der Waals surface area contributed by atoms with Gasteiger partial charge in [0.25, 0.3) is 5.91 Å². The summed E-state index contributed by atoms with van der Waals surface area (Å²) in [5.74, 6) is -0.191. The molecule has 2 rings (SSSR count). The lowest BCUT2D eigenvalue weighted by Gasteiger charge is -2.12. The van der Waals surface area contributed by atoms with E-state index < -0.39 is 6.10 Å². The molecule has 0 bridgehead atoms. The fourth-order valence-corrected chi connectivity index (χ4v) is 1.91. The molecule has 0 saturated carbocycles. The molecule has 1 amide bonds. The summed E-state index contributed by atoms with van der Waals surface area (Å²) >= 11 is 0. The Labute approximate surface area is 118 Å². The molecule has 1 atom stereocenters. The van der Waals surface area contributed by atoms with Gasteiger partial charge in [-0.25, -0.2) is 0 Å². The zero-order chi connectivity index (χ0) is 14.5. The van der Waals surface area contributed by atoms with Crippen LogP contribution in [0.15, 0.2) is 48.5 Å². The second-order valence-electron chi connectivity index (χ2n) is 4.76. The second-order valence-corrected chi connectivity index (χ2v) is 4.76. The number of carbonyl (C=O) groups excluding carboxylic acids is 1. The molecule has 0 aromatic heterocycles. The summed E-state index contributed by atoms with van der Waals surface area (Å²) in [6, 6.07) is 14.3. The topological polar surface area (TPSA) is 75.3 Å². The van der Waals surface area contributed by atoms with E-state index in [-0.39, 0.29) is 12.5 Å². The van der Waals surface area contributed by atoms with Crippen molar-refractivity contribution in [3.8, 4) is 0 Å². The van der Waals surface area contributed by atoms with E-state index in [1.807, 2.05) is 25.1 Å². The number of rotatable bonds is 4. The van der Waals surface area contributed by atoms with E-state index in [0.29, 0.717) is 11.3 Å². The zero-order valence-electron chi connectivity index (χ0n) is 11.3. The predicted molar refractivity (Wildman–Crippen MR) is 79.3 cm³/mol. The normalized spacial score (nSPS) is 11.9. The Morgan fingerprint density at radius 2 is 1.95 bits per heavy atom. The van der Waals surface area contributed by atoms with Crippen LogP contribution in [0.1, 0.15) is 27.6 Å². The molecule has 20 heavy (non-hydrogen) atoms. The van der Waals surface area contributed by atoms with Crippen molar-refractivity contribution in [2.45, 2.75) is 13.0 Å². The molecule has 4 N–H and O–H groups in total. The molecule has 0 aliphatic rings. The van der Waals surface area contributed by atoms with E-state index in [1.54, 1.807) is 30.3 Å². The van der Waals surface area contributed by atoms with Gasteiger partial charge in [-0.2, -0.15) is 0 Å². The van der Waals surface area contributed by atoms with Crippen molar-refractivity contribution in [3.63, 3.8) is 0 Å². The Hall–Kier alpha value is -2.33. The molecular weight excluding hydrogens is 252 g/mol. The van der Waals surface area contributed by atoms with Gasteiger partial charge in [0, 0.05) is 17.8 Å². The molecule has 0 radical (unpaired) electrons. The van der Waals surface area contributed by atoms with Crippen molar-refractivity contribution < 1.29 is 9.90 Å². The van der Waals surface area contributed by atoms with E-state index in [0.717, 1.165) is 11.1 Å². The number of benzene rings is 2. The summed E-state index contributed by atoms with van der Waals surface area (Å²) in [6.07, 6.45) is -0.746. The minimum atomic E-state index is -0.746. The summed E-state index contributed by atoms with van der Waals surface area (Å²) < 4.78 is 0. The first-order chi connectivity index (χ1) is 9.56. The summed E-state index contributed by atoms with van der Waals surface area (Å²) in [5.41, 5.74) is 8.57. The zero-order valence-corrected chi connectivity index (χ0v) is 11.3. The molecule has 0 fully saturated rings. The SMILES string of the molecule is Cc1cccc(C(=O)NCC(O)c2ccc(N)cc2)c1. The van der Waals surface area contributed by atoms with Crippen molar-refractivity contribution in [1.29, 1.82) is 0 Å². The highest BCUT2D eigenvalue weighted by molar-refractivity contribution is 5.94. The maximum atomic E-state index is 11.9. The van der Waals surface area contributed by atoms with Crippen LogP contribution in [0.5, 0.6) is 0 Å². The number of amides is 1. The predicted octanol–water partition coefficient (Wildman–Crippen LogP) is 2.04. The maximum absolute atomic E-state index is 11.9. The Kier molecular flexibility index (Phi) is 4.38. The van der Waals surface area contributed by atoms with Gasteiger partial charge in [0.15, 0.2) is 0 Å². The van der Waals surface area contributed by atoms with Gasteiger partial charge in [0.2, 0.25) is 0 Å². The first-order valence-corrected chi connectivity index (χ1v) is 6.44. The number of anilines is 1. The van der Waals surface area contributed by atoms with Gasteiger partial charge in [0.05, 0.1) is 6.10 Å². The Balaban J connectivity index is 1.94. The van der Waals surface area contributed by atoms with Crippen molar-refractivity contribution >= 4 is 11.6 Å². The average Bonchev–Trinajstić information content (AvgIpc) is 2.45. The molecule has 1 unspecified atom stereocenters. The van der Waals surface area contributed by atoms with Gasteiger partial charge >= 0.3 is 0 Å². The number of carbonyl (C=O) groups is 1. The minimum Gasteiger partial charge on any atom is -0.399 e. The van der Waals surface area contributed by atoms with E-state index in [4.69, 9.17) is 5.73 Å². The molecule has 0 aliphatic carbocycles. The maximum Gasteiger partial charge on any atom is 0.251 e. The van der Waals surface area contributed by atoms with Crippen LogP contribution in [0, 0.1) is 6.92 Å². The van der Waals surface area contributed by atoms with Crippen LogP contribution in [0.3, 0.4) is 0 Å². The summed E-state index contributed by atoms with van der Waals surface area (Å²) in [7, 11) is 0. The molecule has 104 valence electrons. The van der Waals surface area contributed by atoms with Crippen LogP contribution in [0.4, 0.5) is 5.69 Å². The standard InChI is InChI=1S/C16H18N2O2/c1-11-3-2-4-13(9-11)16(20)18-10-15(19)12-5-7-14(17)8-6-12/h2-9,15,19H,10,17H2,1H3,(H,18,20). The number of aryl methyl sites for hydroxylation is 1. The van der Waals surface area contributed by atoms with Gasteiger partial charge in [-0.15, -0.1) is 0 Å². The van der Waals surface area contributed by atoms with Crippen molar-refractivity contribution in [1.82, 2.24) is 5.32 Å². The molecule has 2 aromatic carbocycles. The van der Waals surface area contributed by atoms with E-state index in [2.05, 4.69) is 5.32 Å². The number of hydrogen-bond donors (Lipinski definition) is 3. The van der Waals surface area contributed by atoms with Gasteiger partial charge in [-0.3, -0.25) is 4.79 Å². The average molecular weight is 270 g/mol. The number of aliphatic hydroxyl groups excluding tert-OH is 1. The number of nitrogens with one attached hydrogen (secondary N) is 1. The van der Waals surface area contributed by atoms with Crippen molar-refractivity contribution in [3.05, 3.63) is 65.2 Å². The smallest absolute Gasteiger partial charge is 0.251 e. The molecule has 2 aromatic rings. The lowest BCUT2D eigenvalue weighted by Crippen LogP contribution is -2.28. The van der Waals surface area contributed by atoms with Crippen LogP contribution in [0.25, 0.3) is 0 Å². The molecule has 0 heterocycles. The molecule has 0 spiro atoms. The monoisotopic (exact) mass is 270 g/mol. The highest BCUT2D eigenvalue weighted by Crippen LogP contribution is 2.14. The molecule has 4 heteroatoms. The minimum absolute atomic E-state index is 0.163. The van der Waals surface area contributed by atoms with Crippen molar-refractivity contribution in [2.24, 2.45) is 0 Å². The quantitative estimate of drug-likeness (QED) is 0.744. The Bertz CT molecular complexity index is 594. The highest BCUT2D eigenvalue weighted by Gasteiger charge is 2.10. The third-order valence-corrected chi connectivity index (χ3v) is 3.06. The third-order valence-electron chi connectivity index (χ3n) is 3.06. The molecule has 0 saturated heterocycles. The second kappa shape index (κ2) is 6.21. The molecule has 4 nitrogen and oxygen atoms in total. The third kappa shape index (κ3) is 3.59. The first kappa shape index (κ1) is 14.1. The molecular formula is C16H18N2O2. The van der Waals surface area contributed by atoms with Gasteiger partial charge in [0.1, 0.15) is 0 Å². The van der Waals surface area contributed by atoms with Crippen molar-refractivity contribution in [2.75, 3.05) is 12.3 Å². The lowest BCUT2D eigenvalue weighted by molar-refractivity contribution is 0.0916. The van der Waals surface area contributed by atoms with Gasteiger partial charge < -0.3 is 16.2 Å². The summed E-state index contributed by atoms with van der Waals surface area (Å²) in [6.45, 7) is 2.09. The fraction of sp³-hybridized carbons (Fsp3) is 0.188. The van der Waals surface area contributed by atoms with E-state index in [9.17, 15) is 9.90 Å². The first-order valence-electron chi connectivity index (χ1n) is 6.44. The van der Waals surface area contributed by atoms with Crippen LogP contribution < -0.4 is 11.1 Å². The van der Waals surface area contributed by atoms with E-state index in [1.165, 1.54) is 0 Å². The number of nitrogen functional groups attached to an aromatic ring is 1. The lowest BCUT2D eigenvalue weighted by atomic mass is 10.1. The Morgan fingerprint density at radius 1 is 1.25 bits per heavy atom. The molecule has 0 aliphatic heterocycles. The van der Waals surface area contributed by atoms with Crippen LogP contribution in [0.2, 0.25) is 0 Å². The van der Waals surface area contributed by atoms with Crippen LogP contribution in [-0.4, -0.2) is 17.6 Å². The van der Waals surface area contributed by atoms with Gasteiger partial charge in [-0.1, -0.05) is 29.8 Å². The highest BCUT2D eigenvalue weighted by atomic mass is 16.3. The number of nitrogens with two attached hydrogens (primary N) is 1.